The number of ether oxygens (including phenoxy) is 1. The summed E-state index contributed by atoms with van der Waals surface area (Å²) in [6, 6.07) is 14.2. The van der Waals surface area contributed by atoms with E-state index in [4.69, 9.17) is 4.74 Å². The zero-order chi connectivity index (χ0) is 24.4. The summed E-state index contributed by atoms with van der Waals surface area (Å²) in [6.07, 6.45) is 0.319. The molecule has 178 valence electrons. The maximum atomic E-state index is 12.9. The SMILES string of the molecule is COC(=O)[C@@H](Cc1ccccc1)NC(=O)[C@H](CC(=O)O)NCCC(C)(C)c1ccccc1O. The van der Waals surface area contributed by atoms with Crippen molar-refractivity contribution in [2.45, 2.75) is 50.6 Å². The minimum atomic E-state index is -1.14. The number of hydrogen-bond acceptors (Lipinski definition) is 6. The maximum absolute atomic E-state index is 12.9. The molecule has 33 heavy (non-hydrogen) atoms. The summed E-state index contributed by atoms with van der Waals surface area (Å²) in [5.41, 5.74) is 1.18. The van der Waals surface area contributed by atoms with Crippen molar-refractivity contribution < 1.29 is 29.3 Å². The Labute approximate surface area is 194 Å². The molecule has 0 aliphatic heterocycles. The zero-order valence-electron chi connectivity index (χ0n) is 19.2. The van der Waals surface area contributed by atoms with Crippen LogP contribution in [0.3, 0.4) is 0 Å². The molecule has 1 amide bonds. The van der Waals surface area contributed by atoms with E-state index in [0.717, 1.165) is 11.1 Å². The first kappa shape index (κ1) is 25.9. The van der Waals surface area contributed by atoms with Gasteiger partial charge in [-0.3, -0.25) is 9.59 Å². The number of nitrogens with one attached hydrogen (secondary N) is 2. The lowest BCUT2D eigenvalue weighted by Crippen LogP contribution is -2.52. The number of carbonyl (C=O) groups is 3. The highest BCUT2D eigenvalue weighted by molar-refractivity contribution is 5.90. The van der Waals surface area contributed by atoms with Crippen molar-refractivity contribution in [2.75, 3.05) is 13.7 Å². The fraction of sp³-hybridized carbons (Fsp3) is 0.400. The van der Waals surface area contributed by atoms with Crippen LogP contribution >= 0.6 is 0 Å². The van der Waals surface area contributed by atoms with E-state index < -0.39 is 41.8 Å². The highest BCUT2D eigenvalue weighted by Crippen LogP contribution is 2.33. The molecular weight excluding hydrogens is 424 g/mol. The second kappa shape index (κ2) is 12.0. The van der Waals surface area contributed by atoms with Crippen LogP contribution in [0, 0.1) is 0 Å². The molecule has 0 aromatic heterocycles. The van der Waals surface area contributed by atoms with Gasteiger partial charge in [0, 0.05) is 6.42 Å². The van der Waals surface area contributed by atoms with E-state index >= 15 is 0 Å². The number of hydrogen-bond donors (Lipinski definition) is 4. The van der Waals surface area contributed by atoms with Crippen LogP contribution in [0.5, 0.6) is 5.75 Å². The number of para-hydroxylation sites is 1. The predicted molar refractivity (Wildman–Crippen MR) is 124 cm³/mol. The van der Waals surface area contributed by atoms with E-state index in [1.54, 1.807) is 12.1 Å². The predicted octanol–water partition coefficient (Wildman–Crippen LogP) is 2.39. The number of rotatable bonds is 12. The molecule has 0 heterocycles. The molecule has 0 spiro atoms. The number of benzene rings is 2. The summed E-state index contributed by atoms with van der Waals surface area (Å²) in [7, 11) is 1.24. The van der Waals surface area contributed by atoms with Gasteiger partial charge in [0.15, 0.2) is 0 Å². The molecule has 2 aromatic carbocycles. The third-order valence-corrected chi connectivity index (χ3v) is 5.55. The number of aromatic hydroxyl groups is 1. The summed E-state index contributed by atoms with van der Waals surface area (Å²) >= 11 is 0. The Balaban J connectivity index is 2.06. The molecule has 0 saturated heterocycles. The number of carboxylic acids is 1. The Morgan fingerprint density at radius 1 is 1.00 bits per heavy atom. The van der Waals surface area contributed by atoms with Crippen LogP contribution in [0.15, 0.2) is 54.6 Å². The van der Waals surface area contributed by atoms with Crippen LogP contribution in [0.2, 0.25) is 0 Å². The normalized spacial score (nSPS) is 13.1. The first-order valence-electron chi connectivity index (χ1n) is 10.8. The Hall–Kier alpha value is -3.39. The zero-order valence-corrected chi connectivity index (χ0v) is 19.2. The van der Waals surface area contributed by atoms with E-state index in [9.17, 15) is 24.6 Å². The topological polar surface area (TPSA) is 125 Å². The molecule has 0 radical (unpaired) electrons. The van der Waals surface area contributed by atoms with Gasteiger partial charge in [0.2, 0.25) is 5.91 Å². The average molecular weight is 457 g/mol. The lowest BCUT2D eigenvalue weighted by molar-refractivity contribution is -0.145. The Bertz CT molecular complexity index is 945. The lowest BCUT2D eigenvalue weighted by Gasteiger charge is -2.27. The van der Waals surface area contributed by atoms with Crippen LogP contribution in [-0.2, 0) is 31.0 Å². The van der Waals surface area contributed by atoms with Crippen LogP contribution < -0.4 is 10.6 Å². The van der Waals surface area contributed by atoms with Crippen LogP contribution in [0.25, 0.3) is 0 Å². The van der Waals surface area contributed by atoms with Gasteiger partial charge in [-0.05, 0) is 35.6 Å². The monoisotopic (exact) mass is 456 g/mol. The Morgan fingerprint density at radius 2 is 1.64 bits per heavy atom. The van der Waals surface area contributed by atoms with Crippen molar-refractivity contribution in [2.24, 2.45) is 0 Å². The van der Waals surface area contributed by atoms with Crippen molar-refractivity contribution in [1.29, 1.82) is 0 Å². The molecule has 2 atom stereocenters. The molecule has 4 N–H and O–H groups in total. The fourth-order valence-electron chi connectivity index (χ4n) is 3.63. The van der Waals surface area contributed by atoms with E-state index in [2.05, 4.69) is 10.6 Å². The van der Waals surface area contributed by atoms with Crippen molar-refractivity contribution >= 4 is 17.8 Å². The van der Waals surface area contributed by atoms with Crippen LogP contribution in [-0.4, -0.2) is 53.8 Å². The summed E-state index contributed by atoms with van der Waals surface area (Å²) < 4.78 is 4.82. The van der Waals surface area contributed by atoms with Crippen molar-refractivity contribution in [3.8, 4) is 5.75 Å². The van der Waals surface area contributed by atoms with Gasteiger partial charge in [-0.25, -0.2) is 4.79 Å². The fourth-order valence-corrected chi connectivity index (χ4v) is 3.63. The molecule has 8 heteroatoms. The molecule has 0 aliphatic carbocycles. The minimum absolute atomic E-state index is 0.184. The molecule has 2 aromatic rings. The summed E-state index contributed by atoms with van der Waals surface area (Å²) in [4.78, 5) is 36.5. The number of phenols is 1. The molecule has 0 saturated carbocycles. The number of carboxylic acid groups (broad SMARTS) is 1. The van der Waals surface area contributed by atoms with Gasteiger partial charge >= 0.3 is 11.9 Å². The number of carbonyl (C=O) groups excluding carboxylic acids is 2. The smallest absolute Gasteiger partial charge is 0.328 e. The summed E-state index contributed by atoms with van der Waals surface area (Å²) in [6.45, 7) is 4.25. The third kappa shape index (κ3) is 7.91. The molecule has 0 bridgehead atoms. The standard InChI is InChI=1S/C25H32N2O6/c1-25(2,18-11-7-8-12-21(18)28)13-14-26-19(16-22(29)30)23(31)27-20(24(32)33-3)15-17-9-5-4-6-10-17/h4-12,19-20,26,28H,13-16H2,1-3H3,(H,27,31)(H,29,30)/t19-,20+/m0/s1. The minimum Gasteiger partial charge on any atom is -0.508 e. The molecule has 2 rings (SSSR count). The molecule has 0 fully saturated rings. The number of phenolic OH excluding ortho intramolecular Hbond substituents is 1. The maximum Gasteiger partial charge on any atom is 0.328 e. The second-order valence-electron chi connectivity index (χ2n) is 8.53. The van der Waals surface area contributed by atoms with E-state index in [1.807, 2.05) is 56.3 Å². The molecule has 0 aliphatic rings. The van der Waals surface area contributed by atoms with Crippen molar-refractivity contribution in [1.82, 2.24) is 10.6 Å². The largest absolute Gasteiger partial charge is 0.508 e. The Kier molecular flexibility index (Phi) is 9.42. The first-order valence-corrected chi connectivity index (χ1v) is 10.8. The molecule has 0 unspecified atom stereocenters. The van der Waals surface area contributed by atoms with Gasteiger partial charge in [0.05, 0.1) is 19.6 Å². The van der Waals surface area contributed by atoms with Gasteiger partial charge in [-0.15, -0.1) is 0 Å². The van der Waals surface area contributed by atoms with Crippen molar-refractivity contribution in [3.05, 3.63) is 65.7 Å². The highest BCUT2D eigenvalue weighted by Gasteiger charge is 2.29. The third-order valence-electron chi connectivity index (χ3n) is 5.55. The van der Waals surface area contributed by atoms with Crippen LogP contribution in [0.4, 0.5) is 0 Å². The second-order valence-corrected chi connectivity index (χ2v) is 8.53. The highest BCUT2D eigenvalue weighted by atomic mass is 16.5. The van der Waals surface area contributed by atoms with Crippen molar-refractivity contribution in [3.63, 3.8) is 0 Å². The van der Waals surface area contributed by atoms with E-state index in [-0.39, 0.29) is 12.2 Å². The number of esters is 1. The van der Waals surface area contributed by atoms with Crippen LogP contribution in [0.1, 0.15) is 37.8 Å². The summed E-state index contributed by atoms with van der Waals surface area (Å²) in [5.74, 6) is -2.16. The number of methoxy groups -OCH3 is 1. The molecule has 8 nitrogen and oxygen atoms in total. The quantitative estimate of drug-likeness (QED) is 0.362. The van der Waals surface area contributed by atoms with Gasteiger partial charge in [0.25, 0.3) is 0 Å². The first-order chi connectivity index (χ1) is 15.6. The number of amides is 1. The van der Waals surface area contributed by atoms with E-state index in [0.29, 0.717) is 13.0 Å². The van der Waals surface area contributed by atoms with Gasteiger partial charge < -0.3 is 25.6 Å². The summed E-state index contributed by atoms with van der Waals surface area (Å²) in [5, 5.41) is 25.1. The average Bonchev–Trinajstić information content (AvgIpc) is 2.77. The van der Waals surface area contributed by atoms with Gasteiger partial charge in [-0.2, -0.15) is 0 Å². The Morgan fingerprint density at radius 3 is 2.24 bits per heavy atom. The number of aliphatic carboxylic acids is 1. The van der Waals surface area contributed by atoms with Gasteiger partial charge in [-0.1, -0.05) is 62.4 Å². The lowest BCUT2D eigenvalue weighted by atomic mass is 9.81. The van der Waals surface area contributed by atoms with E-state index in [1.165, 1.54) is 7.11 Å². The van der Waals surface area contributed by atoms with Gasteiger partial charge in [0.1, 0.15) is 11.8 Å². The molecular formula is C25H32N2O6.